The molecule has 3 rings (SSSR count). The Morgan fingerprint density at radius 2 is 2.08 bits per heavy atom. The summed E-state index contributed by atoms with van der Waals surface area (Å²) in [6.45, 7) is 4.17. The second-order valence-corrected chi connectivity index (χ2v) is 7.51. The SMILES string of the molecule is CCC(=O)Nc1sc2c(c1C(=O)NCc1cc(C)n(C)n1)CCCC2. The third-order valence-corrected chi connectivity index (χ3v) is 5.77. The second kappa shape index (κ2) is 7.39. The quantitative estimate of drug-likeness (QED) is 0.861. The summed E-state index contributed by atoms with van der Waals surface area (Å²) in [5.74, 6) is -0.192. The van der Waals surface area contributed by atoms with Gasteiger partial charge in [0.2, 0.25) is 5.91 Å². The van der Waals surface area contributed by atoms with E-state index >= 15 is 0 Å². The molecule has 0 aliphatic heterocycles. The highest BCUT2D eigenvalue weighted by atomic mass is 32.1. The standard InChI is InChI=1S/C18H24N4O2S/c1-4-15(23)20-18-16(13-7-5-6-8-14(13)25-18)17(24)19-10-12-9-11(2)22(3)21-12/h9H,4-8,10H2,1-3H3,(H,19,24)(H,20,23). The summed E-state index contributed by atoms with van der Waals surface area (Å²) in [7, 11) is 1.88. The van der Waals surface area contributed by atoms with Gasteiger partial charge in [0.1, 0.15) is 5.00 Å². The van der Waals surface area contributed by atoms with E-state index in [2.05, 4.69) is 15.7 Å². The minimum absolute atomic E-state index is 0.0620. The van der Waals surface area contributed by atoms with E-state index in [-0.39, 0.29) is 11.8 Å². The molecule has 2 N–H and O–H groups in total. The maximum absolute atomic E-state index is 12.8. The fourth-order valence-corrected chi connectivity index (χ4v) is 4.39. The van der Waals surface area contributed by atoms with E-state index in [0.29, 0.717) is 23.5 Å². The average Bonchev–Trinajstić information content (AvgIpc) is 3.12. The first kappa shape index (κ1) is 17.7. The van der Waals surface area contributed by atoms with E-state index in [1.807, 2.05) is 27.0 Å². The lowest BCUT2D eigenvalue weighted by Crippen LogP contribution is -2.25. The van der Waals surface area contributed by atoms with E-state index in [9.17, 15) is 9.59 Å². The van der Waals surface area contributed by atoms with Gasteiger partial charge >= 0.3 is 0 Å². The number of nitrogens with zero attached hydrogens (tertiary/aromatic N) is 2. The fourth-order valence-electron chi connectivity index (χ4n) is 3.09. The van der Waals surface area contributed by atoms with Crippen LogP contribution in [-0.4, -0.2) is 21.6 Å². The smallest absolute Gasteiger partial charge is 0.254 e. The Balaban J connectivity index is 1.82. The van der Waals surface area contributed by atoms with Gasteiger partial charge in [0.25, 0.3) is 5.91 Å². The number of hydrogen-bond donors (Lipinski definition) is 2. The molecule has 0 saturated carbocycles. The zero-order chi connectivity index (χ0) is 18.0. The molecule has 0 fully saturated rings. The predicted molar refractivity (Wildman–Crippen MR) is 99.0 cm³/mol. The zero-order valence-corrected chi connectivity index (χ0v) is 15.8. The zero-order valence-electron chi connectivity index (χ0n) is 14.9. The Morgan fingerprint density at radius 3 is 2.76 bits per heavy atom. The van der Waals surface area contributed by atoms with E-state index in [0.717, 1.165) is 42.6 Å². The highest BCUT2D eigenvalue weighted by Gasteiger charge is 2.26. The van der Waals surface area contributed by atoms with Gasteiger partial charge in [-0.3, -0.25) is 14.3 Å². The van der Waals surface area contributed by atoms with Gasteiger partial charge in [0, 0.05) is 24.0 Å². The Hall–Kier alpha value is -2.15. The molecule has 2 heterocycles. The molecule has 1 aliphatic carbocycles. The third-order valence-electron chi connectivity index (χ3n) is 4.57. The van der Waals surface area contributed by atoms with Crippen LogP contribution in [0.1, 0.15) is 58.4 Å². The molecule has 0 atom stereocenters. The van der Waals surface area contributed by atoms with Gasteiger partial charge in [-0.05, 0) is 44.2 Å². The first-order valence-corrected chi connectivity index (χ1v) is 9.53. The topological polar surface area (TPSA) is 76.0 Å². The van der Waals surface area contributed by atoms with Crippen molar-refractivity contribution in [3.05, 3.63) is 33.5 Å². The molecule has 0 bridgehead atoms. The summed E-state index contributed by atoms with van der Waals surface area (Å²) in [6.07, 6.45) is 4.52. The van der Waals surface area contributed by atoms with Crippen LogP contribution in [0.25, 0.3) is 0 Å². The Labute approximate surface area is 151 Å². The second-order valence-electron chi connectivity index (χ2n) is 6.40. The number of aromatic nitrogens is 2. The summed E-state index contributed by atoms with van der Waals surface area (Å²) in [5, 5.41) is 10.9. The molecule has 1 aliphatic rings. The molecule has 0 unspecified atom stereocenters. The van der Waals surface area contributed by atoms with Crippen LogP contribution in [0.4, 0.5) is 5.00 Å². The normalized spacial score (nSPS) is 13.4. The lowest BCUT2D eigenvalue weighted by atomic mass is 9.95. The summed E-state index contributed by atoms with van der Waals surface area (Å²) in [4.78, 5) is 25.9. The first-order valence-electron chi connectivity index (χ1n) is 8.71. The van der Waals surface area contributed by atoms with Crippen LogP contribution in [0.15, 0.2) is 6.07 Å². The molecule has 2 aromatic heterocycles. The van der Waals surface area contributed by atoms with Crippen molar-refractivity contribution in [2.45, 2.75) is 52.5 Å². The van der Waals surface area contributed by atoms with Crippen LogP contribution in [0.5, 0.6) is 0 Å². The van der Waals surface area contributed by atoms with Crippen LogP contribution in [0, 0.1) is 6.92 Å². The monoisotopic (exact) mass is 360 g/mol. The number of carbonyl (C=O) groups is 2. The third kappa shape index (κ3) is 3.76. The van der Waals surface area contributed by atoms with Crippen molar-refractivity contribution in [1.29, 1.82) is 0 Å². The molecule has 25 heavy (non-hydrogen) atoms. The van der Waals surface area contributed by atoms with Gasteiger partial charge in [-0.25, -0.2) is 0 Å². The Kier molecular flexibility index (Phi) is 5.22. The van der Waals surface area contributed by atoms with Gasteiger partial charge in [-0.1, -0.05) is 6.92 Å². The number of amides is 2. The largest absolute Gasteiger partial charge is 0.346 e. The molecule has 2 amide bonds. The van der Waals surface area contributed by atoms with Crippen LogP contribution in [0.3, 0.4) is 0 Å². The molecule has 134 valence electrons. The minimum Gasteiger partial charge on any atom is -0.346 e. The molecule has 0 aromatic carbocycles. The number of aryl methyl sites for hydroxylation is 3. The molecule has 0 radical (unpaired) electrons. The molecule has 2 aromatic rings. The predicted octanol–water partition coefficient (Wildman–Crippen LogP) is 2.95. The van der Waals surface area contributed by atoms with Crippen molar-refractivity contribution in [3.63, 3.8) is 0 Å². The van der Waals surface area contributed by atoms with Crippen molar-refractivity contribution in [3.8, 4) is 0 Å². The van der Waals surface area contributed by atoms with Gasteiger partial charge in [-0.2, -0.15) is 5.10 Å². The number of carbonyl (C=O) groups excluding carboxylic acids is 2. The molecule has 0 saturated heterocycles. The number of hydrogen-bond acceptors (Lipinski definition) is 4. The van der Waals surface area contributed by atoms with Crippen LogP contribution < -0.4 is 10.6 Å². The lowest BCUT2D eigenvalue weighted by molar-refractivity contribution is -0.115. The van der Waals surface area contributed by atoms with Crippen LogP contribution in [0.2, 0.25) is 0 Å². The summed E-state index contributed by atoms with van der Waals surface area (Å²) < 4.78 is 1.79. The number of fused-ring (bicyclic) bond motifs is 1. The molecule has 0 spiro atoms. The first-order chi connectivity index (χ1) is 12.0. The number of nitrogens with one attached hydrogen (secondary N) is 2. The maximum Gasteiger partial charge on any atom is 0.254 e. The number of thiophene rings is 1. The van der Waals surface area contributed by atoms with Crippen molar-refractivity contribution in [2.24, 2.45) is 7.05 Å². The molecule has 7 heteroatoms. The lowest BCUT2D eigenvalue weighted by Gasteiger charge is -2.13. The Bertz CT molecular complexity index is 787. The summed E-state index contributed by atoms with van der Waals surface area (Å²) >= 11 is 1.55. The highest BCUT2D eigenvalue weighted by molar-refractivity contribution is 7.17. The van der Waals surface area contributed by atoms with Crippen LogP contribution >= 0.6 is 11.3 Å². The average molecular weight is 360 g/mol. The van der Waals surface area contributed by atoms with Crippen molar-refractivity contribution < 1.29 is 9.59 Å². The number of anilines is 1. The van der Waals surface area contributed by atoms with E-state index in [1.54, 1.807) is 16.0 Å². The van der Waals surface area contributed by atoms with E-state index in [1.165, 1.54) is 4.88 Å². The van der Waals surface area contributed by atoms with Gasteiger partial charge in [-0.15, -0.1) is 11.3 Å². The Morgan fingerprint density at radius 1 is 1.32 bits per heavy atom. The van der Waals surface area contributed by atoms with Gasteiger partial charge in [0.05, 0.1) is 17.8 Å². The van der Waals surface area contributed by atoms with Crippen molar-refractivity contribution in [1.82, 2.24) is 15.1 Å². The van der Waals surface area contributed by atoms with E-state index < -0.39 is 0 Å². The van der Waals surface area contributed by atoms with E-state index in [4.69, 9.17) is 0 Å². The minimum atomic E-state index is -0.130. The maximum atomic E-state index is 12.8. The molecular weight excluding hydrogens is 336 g/mol. The summed E-state index contributed by atoms with van der Waals surface area (Å²) in [6, 6.07) is 1.96. The van der Waals surface area contributed by atoms with Crippen molar-refractivity contribution >= 4 is 28.2 Å². The van der Waals surface area contributed by atoms with Gasteiger partial charge in [0.15, 0.2) is 0 Å². The molecule has 6 nitrogen and oxygen atoms in total. The number of rotatable bonds is 5. The van der Waals surface area contributed by atoms with Crippen LogP contribution in [-0.2, 0) is 31.2 Å². The summed E-state index contributed by atoms with van der Waals surface area (Å²) in [5.41, 5.74) is 3.64. The van der Waals surface area contributed by atoms with Crippen molar-refractivity contribution in [2.75, 3.05) is 5.32 Å². The highest BCUT2D eigenvalue weighted by Crippen LogP contribution is 2.38. The fraction of sp³-hybridized carbons (Fsp3) is 0.500. The van der Waals surface area contributed by atoms with Gasteiger partial charge < -0.3 is 10.6 Å². The molecular formula is C18H24N4O2S.